The van der Waals surface area contributed by atoms with E-state index in [1.165, 1.54) is 24.3 Å². The number of carbonyl (C=O) groups excluding carboxylic acids is 1. The van der Waals surface area contributed by atoms with Crippen LogP contribution in [0.2, 0.25) is 0 Å². The fourth-order valence-electron chi connectivity index (χ4n) is 3.32. The Morgan fingerprint density at radius 2 is 1.70 bits per heavy atom. The number of amides is 1. The summed E-state index contributed by atoms with van der Waals surface area (Å²) in [5, 5.41) is 5.81. The Morgan fingerprint density at radius 3 is 2.47 bits per heavy atom. The number of halogens is 2. The second-order valence-electron chi connectivity index (χ2n) is 7.08. The smallest absolute Gasteiger partial charge is 0.253 e. The molecule has 1 aliphatic heterocycles. The molecule has 2 heterocycles. The van der Waals surface area contributed by atoms with E-state index in [1.54, 1.807) is 24.3 Å². The van der Waals surface area contributed by atoms with E-state index in [0.717, 1.165) is 38.5 Å². The predicted molar refractivity (Wildman–Crippen MR) is 111 cm³/mol. The summed E-state index contributed by atoms with van der Waals surface area (Å²) < 4.78 is 27.2. The predicted octanol–water partition coefficient (Wildman–Crippen LogP) is 4.87. The topological polar surface area (TPSA) is 70.1 Å². The zero-order valence-electron chi connectivity index (χ0n) is 16.2. The van der Waals surface area contributed by atoms with Gasteiger partial charge in [0.1, 0.15) is 5.82 Å². The normalized spacial score (nSPS) is 13.7. The van der Waals surface area contributed by atoms with Crippen LogP contribution in [0.15, 0.2) is 54.7 Å². The lowest BCUT2D eigenvalue weighted by molar-refractivity contribution is 0.0724. The van der Waals surface area contributed by atoms with Gasteiger partial charge >= 0.3 is 0 Å². The third-order valence-electron chi connectivity index (χ3n) is 4.86. The van der Waals surface area contributed by atoms with Gasteiger partial charge < -0.3 is 15.5 Å². The molecule has 154 valence electrons. The van der Waals surface area contributed by atoms with E-state index >= 15 is 0 Å². The van der Waals surface area contributed by atoms with Crippen LogP contribution in [0.25, 0.3) is 0 Å². The van der Waals surface area contributed by atoms with Crippen LogP contribution in [0.3, 0.4) is 0 Å². The standard InChI is InChI=1S/C22H21F2N5O/c23-16-7-9-17(10-8-16)26-20-19(24)14-25-22(28-20)27-18-6-4-5-15(13-18)21(30)29-11-2-1-3-12-29/h4-10,13-14H,1-3,11-12H2,(H2,25,26,27,28). The molecule has 0 radical (unpaired) electrons. The molecule has 0 saturated carbocycles. The van der Waals surface area contributed by atoms with Gasteiger partial charge in [-0.3, -0.25) is 4.79 Å². The van der Waals surface area contributed by atoms with Crippen LogP contribution >= 0.6 is 0 Å². The Morgan fingerprint density at radius 1 is 0.933 bits per heavy atom. The lowest BCUT2D eigenvalue weighted by Gasteiger charge is -2.26. The van der Waals surface area contributed by atoms with Gasteiger partial charge in [0.15, 0.2) is 11.6 Å². The van der Waals surface area contributed by atoms with Crippen molar-refractivity contribution in [2.45, 2.75) is 19.3 Å². The number of nitrogens with one attached hydrogen (secondary N) is 2. The van der Waals surface area contributed by atoms with Crippen molar-refractivity contribution >= 4 is 29.0 Å². The number of aromatic nitrogens is 2. The third-order valence-corrected chi connectivity index (χ3v) is 4.86. The molecule has 6 nitrogen and oxygen atoms in total. The Balaban J connectivity index is 1.50. The highest BCUT2D eigenvalue weighted by atomic mass is 19.1. The number of nitrogens with zero attached hydrogens (tertiary/aromatic N) is 3. The number of carbonyl (C=O) groups is 1. The van der Waals surface area contributed by atoms with E-state index in [2.05, 4.69) is 20.6 Å². The van der Waals surface area contributed by atoms with E-state index < -0.39 is 5.82 Å². The molecule has 0 aliphatic carbocycles. The Kier molecular flexibility index (Phi) is 5.83. The molecule has 2 N–H and O–H groups in total. The minimum atomic E-state index is -0.640. The van der Waals surface area contributed by atoms with Crippen LogP contribution in [0.5, 0.6) is 0 Å². The number of hydrogen-bond acceptors (Lipinski definition) is 5. The van der Waals surface area contributed by atoms with Gasteiger partial charge in [-0.2, -0.15) is 4.98 Å². The van der Waals surface area contributed by atoms with Gasteiger partial charge in [0, 0.05) is 30.0 Å². The summed E-state index contributed by atoms with van der Waals surface area (Å²) in [6.07, 6.45) is 4.25. The number of hydrogen-bond donors (Lipinski definition) is 2. The first-order valence-electron chi connectivity index (χ1n) is 9.80. The summed E-state index contributed by atoms with van der Waals surface area (Å²) in [7, 11) is 0. The van der Waals surface area contributed by atoms with Crippen molar-refractivity contribution in [1.29, 1.82) is 0 Å². The van der Waals surface area contributed by atoms with Crippen molar-refractivity contribution < 1.29 is 13.6 Å². The second kappa shape index (κ2) is 8.86. The molecule has 0 spiro atoms. The molecule has 0 bridgehead atoms. The van der Waals surface area contributed by atoms with Crippen LogP contribution in [-0.2, 0) is 0 Å². The molecule has 1 aromatic heterocycles. The number of anilines is 4. The van der Waals surface area contributed by atoms with Crippen molar-refractivity contribution in [3.8, 4) is 0 Å². The number of piperidine rings is 1. The van der Waals surface area contributed by atoms with Crippen molar-refractivity contribution in [3.63, 3.8) is 0 Å². The first-order valence-corrected chi connectivity index (χ1v) is 9.80. The molecule has 1 saturated heterocycles. The molecular formula is C22H21F2N5O. The maximum Gasteiger partial charge on any atom is 0.253 e. The Bertz CT molecular complexity index is 1040. The Hall–Kier alpha value is -3.55. The van der Waals surface area contributed by atoms with Crippen LogP contribution < -0.4 is 10.6 Å². The molecule has 0 unspecified atom stereocenters. The molecule has 30 heavy (non-hydrogen) atoms. The highest BCUT2D eigenvalue weighted by Crippen LogP contribution is 2.22. The van der Waals surface area contributed by atoms with E-state index in [9.17, 15) is 13.6 Å². The zero-order valence-corrected chi connectivity index (χ0v) is 16.2. The van der Waals surface area contributed by atoms with Gasteiger partial charge in [0.25, 0.3) is 5.91 Å². The lowest BCUT2D eigenvalue weighted by atomic mass is 10.1. The molecule has 2 aromatic carbocycles. The van der Waals surface area contributed by atoms with E-state index in [0.29, 0.717) is 16.9 Å². The summed E-state index contributed by atoms with van der Waals surface area (Å²) >= 11 is 0. The fraction of sp³-hybridized carbons (Fsp3) is 0.227. The second-order valence-corrected chi connectivity index (χ2v) is 7.08. The Labute approximate surface area is 173 Å². The van der Waals surface area contributed by atoms with Gasteiger partial charge in [-0.25, -0.2) is 13.8 Å². The summed E-state index contributed by atoms with van der Waals surface area (Å²) in [6.45, 7) is 1.55. The molecule has 3 aromatic rings. The van der Waals surface area contributed by atoms with Gasteiger partial charge in [-0.05, 0) is 61.7 Å². The van der Waals surface area contributed by atoms with Crippen molar-refractivity contribution in [2.24, 2.45) is 0 Å². The first-order chi connectivity index (χ1) is 14.6. The molecule has 4 rings (SSSR count). The average Bonchev–Trinajstić information content (AvgIpc) is 2.78. The monoisotopic (exact) mass is 409 g/mol. The van der Waals surface area contributed by atoms with E-state index in [1.807, 2.05) is 4.90 Å². The minimum Gasteiger partial charge on any atom is -0.339 e. The summed E-state index contributed by atoms with van der Waals surface area (Å²) in [5.74, 6) is -0.899. The summed E-state index contributed by atoms with van der Waals surface area (Å²) in [4.78, 5) is 22.7. The van der Waals surface area contributed by atoms with Gasteiger partial charge in [0.2, 0.25) is 5.95 Å². The molecule has 1 aliphatic rings. The highest BCUT2D eigenvalue weighted by Gasteiger charge is 2.18. The number of benzene rings is 2. The summed E-state index contributed by atoms with van der Waals surface area (Å²) in [5.41, 5.74) is 1.69. The maximum atomic E-state index is 14.1. The van der Waals surface area contributed by atoms with Crippen molar-refractivity contribution in [2.75, 3.05) is 23.7 Å². The SMILES string of the molecule is O=C(c1cccc(Nc2ncc(F)c(Nc3ccc(F)cc3)n2)c1)N1CCCCC1. The maximum absolute atomic E-state index is 14.1. The molecule has 0 atom stereocenters. The van der Waals surface area contributed by atoms with Crippen LogP contribution in [0, 0.1) is 11.6 Å². The first kappa shape index (κ1) is 19.8. The van der Waals surface area contributed by atoms with Crippen LogP contribution in [-0.4, -0.2) is 33.9 Å². The van der Waals surface area contributed by atoms with Crippen LogP contribution in [0.4, 0.5) is 31.9 Å². The number of likely N-dealkylation sites (tertiary alicyclic amines) is 1. The van der Waals surface area contributed by atoms with Gasteiger partial charge in [0.05, 0.1) is 6.20 Å². The van der Waals surface area contributed by atoms with E-state index in [4.69, 9.17) is 0 Å². The summed E-state index contributed by atoms with van der Waals surface area (Å²) in [6, 6.07) is 12.6. The quantitative estimate of drug-likeness (QED) is 0.629. The van der Waals surface area contributed by atoms with Crippen molar-refractivity contribution in [1.82, 2.24) is 14.9 Å². The molecule has 8 heteroatoms. The largest absolute Gasteiger partial charge is 0.339 e. The van der Waals surface area contributed by atoms with Gasteiger partial charge in [-0.1, -0.05) is 6.07 Å². The zero-order chi connectivity index (χ0) is 20.9. The van der Waals surface area contributed by atoms with Crippen molar-refractivity contribution in [3.05, 3.63) is 71.9 Å². The molecule has 1 fully saturated rings. The number of rotatable bonds is 5. The molecular weight excluding hydrogens is 388 g/mol. The molecule has 1 amide bonds. The minimum absolute atomic E-state index is 0.00274. The van der Waals surface area contributed by atoms with E-state index in [-0.39, 0.29) is 23.5 Å². The average molecular weight is 409 g/mol. The third kappa shape index (κ3) is 4.71. The lowest BCUT2D eigenvalue weighted by Crippen LogP contribution is -2.35. The highest BCUT2D eigenvalue weighted by molar-refractivity contribution is 5.95. The van der Waals surface area contributed by atoms with Crippen LogP contribution in [0.1, 0.15) is 29.6 Å². The van der Waals surface area contributed by atoms with Gasteiger partial charge in [-0.15, -0.1) is 0 Å². The fourth-order valence-corrected chi connectivity index (χ4v) is 3.32.